The molecule has 4 heteroatoms. The van der Waals surface area contributed by atoms with Gasteiger partial charge in [-0.2, -0.15) is 0 Å². The van der Waals surface area contributed by atoms with Gasteiger partial charge in [0.15, 0.2) is 6.61 Å². The van der Waals surface area contributed by atoms with E-state index >= 15 is 0 Å². The van der Waals surface area contributed by atoms with Crippen LogP contribution in [0.5, 0.6) is 0 Å². The molecule has 1 aliphatic rings. The molecule has 1 rings (SSSR count). The SMILES string of the molecule is C=C1C=C([N+](=O)[O-])COC1=C. The third kappa shape index (κ3) is 1.46. The molecule has 0 aromatic carbocycles. The highest BCUT2D eigenvalue weighted by Gasteiger charge is 2.18. The maximum Gasteiger partial charge on any atom is 0.284 e. The van der Waals surface area contributed by atoms with Crippen LogP contribution in [-0.2, 0) is 4.74 Å². The van der Waals surface area contributed by atoms with E-state index in [1.165, 1.54) is 6.08 Å². The Hall–Kier alpha value is -1.58. The maximum absolute atomic E-state index is 10.2. The van der Waals surface area contributed by atoms with Crippen molar-refractivity contribution in [3.63, 3.8) is 0 Å². The molecule has 0 spiro atoms. The normalized spacial score (nSPS) is 17.3. The second-order valence-electron chi connectivity index (χ2n) is 2.13. The zero-order valence-corrected chi connectivity index (χ0v) is 5.87. The number of allylic oxidation sites excluding steroid dienone is 1. The highest BCUT2D eigenvalue weighted by Crippen LogP contribution is 2.18. The van der Waals surface area contributed by atoms with E-state index in [0.717, 1.165) is 0 Å². The summed E-state index contributed by atoms with van der Waals surface area (Å²) in [6.07, 6.45) is 1.37. The predicted molar refractivity (Wildman–Crippen MR) is 39.3 cm³/mol. The summed E-state index contributed by atoms with van der Waals surface area (Å²) in [5.41, 5.74) is 0.477. The number of ether oxygens (including phenoxy) is 1. The van der Waals surface area contributed by atoms with E-state index in [1.807, 2.05) is 0 Å². The highest BCUT2D eigenvalue weighted by atomic mass is 16.6. The lowest BCUT2D eigenvalue weighted by atomic mass is 10.2. The van der Waals surface area contributed by atoms with Gasteiger partial charge in [-0.1, -0.05) is 13.2 Å². The van der Waals surface area contributed by atoms with E-state index in [0.29, 0.717) is 11.3 Å². The molecule has 0 bridgehead atoms. The van der Waals surface area contributed by atoms with E-state index in [2.05, 4.69) is 13.2 Å². The molecule has 0 aromatic rings. The zero-order valence-electron chi connectivity index (χ0n) is 5.87. The fourth-order valence-corrected chi connectivity index (χ4v) is 0.682. The van der Waals surface area contributed by atoms with Crippen LogP contribution in [0.2, 0.25) is 0 Å². The highest BCUT2D eigenvalue weighted by molar-refractivity contribution is 5.35. The summed E-state index contributed by atoms with van der Waals surface area (Å²) < 4.78 is 4.86. The van der Waals surface area contributed by atoms with Crippen molar-refractivity contribution >= 4 is 0 Å². The molecule has 0 unspecified atom stereocenters. The quantitative estimate of drug-likeness (QED) is 0.420. The Labute approximate surface area is 63.6 Å². The van der Waals surface area contributed by atoms with Crippen molar-refractivity contribution in [2.75, 3.05) is 6.61 Å². The summed E-state index contributed by atoms with van der Waals surface area (Å²) >= 11 is 0. The van der Waals surface area contributed by atoms with Crippen LogP contribution in [0, 0.1) is 10.1 Å². The van der Waals surface area contributed by atoms with Gasteiger partial charge in [0.05, 0.1) is 4.92 Å². The van der Waals surface area contributed by atoms with Crippen LogP contribution < -0.4 is 0 Å². The fraction of sp³-hybridized carbons (Fsp3) is 0.143. The molecule has 58 valence electrons. The molecule has 1 heterocycles. The average Bonchev–Trinajstić information content (AvgIpc) is 1.94. The first-order valence-corrected chi connectivity index (χ1v) is 2.97. The molecule has 0 N–H and O–H groups in total. The van der Waals surface area contributed by atoms with Gasteiger partial charge in [0, 0.05) is 11.6 Å². The third-order valence-electron chi connectivity index (χ3n) is 1.33. The van der Waals surface area contributed by atoms with Crippen molar-refractivity contribution < 1.29 is 9.66 Å². The Kier molecular flexibility index (Phi) is 1.76. The molecule has 11 heavy (non-hydrogen) atoms. The summed E-state index contributed by atoms with van der Waals surface area (Å²) in [6.45, 7) is 7.00. The smallest absolute Gasteiger partial charge is 0.284 e. The van der Waals surface area contributed by atoms with Gasteiger partial charge >= 0.3 is 0 Å². The number of hydrogen-bond donors (Lipinski definition) is 0. The third-order valence-corrected chi connectivity index (χ3v) is 1.33. The van der Waals surface area contributed by atoms with Crippen molar-refractivity contribution in [3.05, 3.63) is 46.4 Å². The van der Waals surface area contributed by atoms with Gasteiger partial charge in [-0.25, -0.2) is 0 Å². The van der Waals surface area contributed by atoms with Gasteiger partial charge in [0.1, 0.15) is 5.76 Å². The lowest BCUT2D eigenvalue weighted by molar-refractivity contribution is -0.430. The van der Waals surface area contributed by atoms with Crippen molar-refractivity contribution in [2.45, 2.75) is 0 Å². The molecule has 4 nitrogen and oxygen atoms in total. The van der Waals surface area contributed by atoms with E-state index in [9.17, 15) is 10.1 Å². The van der Waals surface area contributed by atoms with E-state index in [4.69, 9.17) is 4.74 Å². The minimum absolute atomic E-state index is 0.0161. The topological polar surface area (TPSA) is 52.4 Å². The minimum Gasteiger partial charge on any atom is -0.482 e. The molecule has 1 aliphatic heterocycles. The average molecular weight is 153 g/mol. The first-order chi connectivity index (χ1) is 5.11. The Balaban J connectivity index is 2.88. The van der Waals surface area contributed by atoms with Crippen LogP contribution in [0.4, 0.5) is 0 Å². The van der Waals surface area contributed by atoms with Gasteiger partial charge in [-0.05, 0) is 0 Å². The van der Waals surface area contributed by atoms with Gasteiger partial charge in [0.25, 0.3) is 5.70 Å². The number of nitrogens with zero attached hydrogens (tertiary/aromatic N) is 1. The molecule has 0 saturated heterocycles. The molecule has 0 atom stereocenters. The summed E-state index contributed by atoms with van der Waals surface area (Å²) in [6, 6.07) is 0. The minimum atomic E-state index is -0.488. The van der Waals surface area contributed by atoms with Crippen LogP contribution in [-0.4, -0.2) is 11.5 Å². The van der Waals surface area contributed by atoms with E-state index in [1.54, 1.807) is 0 Å². The summed E-state index contributed by atoms with van der Waals surface area (Å²) in [5, 5.41) is 10.2. The second kappa shape index (κ2) is 2.57. The van der Waals surface area contributed by atoms with Gasteiger partial charge < -0.3 is 4.74 Å². The van der Waals surface area contributed by atoms with Crippen molar-refractivity contribution in [1.82, 2.24) is 0 Å². The summed E-state index contributed by atoms with van der Waals surface area (Å²) in [4.78, 5) is 9.70. The van der Waals surface area contributed by atoms with Crippen LogP contribution in [0.3, 0.4) is 0 Å². The molecule has 0 amide bonds. The molecule has 0 aliphatic carbocycles. The van der Waals surface area contributed by atoms with Gasteiger partial charge in [0.2, 0.25) is 0 Å². The summed E-state index contributed by atoms with van der Waals surface area (Å²) in [7, 11) is 0. The lowest BCUT2D eigenvalue weighted by Gasteiger charge is -2.12. The van der Waals surface area contributed by atoms with E-state index in [-0.39, 0.29) is 12.3 Å². The van der Waals surface area contributed by atoms with Crippen molar-refractivity contribution in [1.29, 1.82) is 0 Å². The van der Waals surface area contributed by atoms with Gasteiger partial charge in [-0.3, -0.25) is 10.1 Å². The Morgan fingerprint density at radius 3 is 2.73 bits per heavy atom. The Morgan fingerprint density at radius 2 is 2.27 bits per heavy atom. The Morgan fingerprint density at radius 1 is 1.64 bits per heavy atom. The fourth-order valence-electron chi connectivity index (χ4n) is 0.682. The van der Waals surface area contributed by atoms with Crippen LogP contribution >= 0.6 is 0 Å². The first-order valence-electron chi connectivity index (χ1n) is 2.97. The largest absolute Gasteiger partial charge is 0.482 e. The number of hydrogen-bond acceptors (Lipinski definition) is 3. The van der Waals surface area contributed by atoms with Crippen LogP contribution in [0.15, 0.2) is 36.3 Å². The van der Waals surface area contributed by atoms with Crippen LogP contribution in [0.1, 0.15) is 0 Å². The second-order valence-corrected chi connectivity index (χ2v) is 2.13. The molecular formula is C7H7NO3. The predicted octanol–water partition coefficient (Wildman–Crippen LogP) is 1.25. The summed E-state index contributed by atoms with van der Waals surface area (Å²) in [5.74, 6) is 0.399. The van der Waals surface area contributed by atoms with E-state index < -0.39 is 4.92 Å². The van der Waals surface area contributed by atoms with Gasteiger partial charge in [-0.15, -0.1) is 0 Å². The standard InChI is InChI=1S/C7H7NO3/c1-5-3-7(8(9)10)4-11-6(5)2/h3H,1-2,4H2. The van der Waals surface area contributed by atoms with Crippen molar-refractivity contribution in [2.24, 2.45) is 0 Å². The lowest BCUT2D eigenvalue weighted by Crippen LogP contribution is -2.12. The Bertz CT molecular complexity index is 265. The molecule has 0 radical (unpaired) electrons. The molecule has 0 fully saturated rings. The zero-order chi connectivity index (χ0) is 8.43. The molecule has 0 aromatic heterocycles. The number of nitro groups is 1. The monoisotopic (exact) mass is 153 g/mol. The maximum atomic E-state index is 10.2. The molecular weight excluding hydrogens is 146 g/mol. The van der Waals surface area contributed by atoms with Crippen LogP contribution in [0.25, 0.3) is 0 Å². The molecule has 0 saturated carbocycles. The number of rotatable bonds is 1. The first kappa shape index (κ1) is 7.53. The van der Waals surface area contributed by atoms with Crippen molar-refractivity contribution in [3.8, 4) is 0 Å².